The van der Waals surface area contributed by atoms with E-state index in [9.17, 15) is 4.79 Å². The molecule has 6 heteroatoms. The van der Waals surface area contributed by atoms with E-state index in [0.29, 0.717) is 11.6 Å². The molecular weight excluding hydrogens is 298 g/mol. The van der Waals surface area contributed by atoms with Crippen LogP contribution in [0, 0.1) is 0 Å². The maximum absolute atomic E-state index is 12.0. The van der Waals surface area contributed by atoms with Crippen LogP contribution in [0.2, 0.25) is 0 Å². The van der Waals surface area contributed by atoms with E-state index < -0.39 is 4.32 Å². The second-order valence-corrected chi connectivity index (χ2v) is 6.52. The van der Waals surface area contributed by atoms with Crippen molar-refractivity contribution in [2.75, 3.05) is 31.4 Å². The lowest BCUT2D eigenvalue weighted by molar-refractivity contribution is -0.117. The Bertz CT molecular complexity index is 441. The number of carbonyl (C=O) groups excluding carboxylic acids is 1. The van der Waals surface area contributed by atoms with Crippen molar-refractivity contribution in [3.8, 4) is 5.88 Å². The first-order valence-corrected chi connectivity index (χ1v) is 6.27. The maximum Gasteiger partial charge on any atom is 0.240 e. The van der Waals surface area contributed by atoms with Crippen molar-refractivity contribution in [1.29, 1.82) is 0 Å². The molecule has 1 amide bonds. The lowest BCUT2D eigenvalue weighted by Crippen LogP contribution is -2.31. The number of nitrogens with one attached hydrogen (secondary N) is 1. The number of hydrogen-bond donors (Lipinski definition) is 1. The van der Waals surface area contributed by atoms with E-state index in [2.05, 4.69) is 26.2 Å². The minimum atomic E-state index is -0.655. The first-order valence-electron chi connectivity index (χ1n) is 5.48. The number of methoxy groups -OCH3 is 1. The second kappa shape index (κ2) is 5.56. The van der Waals surface area contributed by atoms with Crippen molar-refractivity contribution in [1.82, 2.24) is 4.98 Å². The third-order valence-electron chi connectivity index (χ3n) is 2.35. The van der Waals surface area contributed by atoms with E-state index in [1.807, 2.05) is 25.1 Å². The molecule has 0 aliphatic carbocycles. The lowest BCUT2D eigenvalue weighted by atomic mass is 10.2. The van der Waals surface area contributed by atoms with Crippen LogP contribution in [-0.4, -0.2) is 36.4 Å². The predicted molar refractivity (Wildman–Crippen MR) is 76.8 cm³/mol. The summed E-state index contributed by atoms with van der Waals surface area (Å²) < 4.78 is 4.53. The third-order valence-corrected chi connectivity index (χ3v) is 2.71. The predicted octanol–water partition coefficient (Wildman–Crippen LogP) is 2.27. The molecule has 0 bridgehead atoms. The Morgan fingerprint density at radius 3 is 2.56 bits per heavy atom. The summed E-state index contributed by atoms with van der Waals surface area (Å²) in [5, 5.41) is 2.84. The highest BCUT2D eigenvalue weighted by Crippen LogP contribution is 2.33. The Kier molecular flexibility index (Phi) is 4.56. The van der Waals surface area contributed by atoms with Gasteiger partial charge >= 0.3 is 0 Å². The van der Waals surface area contributed by atoms with E-state index in [4.69, 9.17) is 4.74 Å². The fraction of sp³-hybridized carbons (Fsp3) is 0.500. The van der Waals surface area contributed by atoms with E-state index in [1.165, 1.54) is 7.11 Å². The molecule has 0 spiro atoms. The van der Waals surface area contributed by atoms with Gasteiger partial charge in [-0.1, -0.05) is 15.9 Å². The quantitative estimate of drug-likeness (QED) is 0.866. The van der Waals surface area contributed by atoms with Crippen LogP contribution < -0.4 is 15.0 Å². The number of hydrogen-bond acceptors (Lipinski definition) is 4. The standard InChI is InChI=1S/C12H18BrN3O2/c1-12(2,13)11(17)15-9-8(16(3)4)6-7-14-10(9)18-5/h6-7H,1-5H3,(H,15,17). The van der Waals surface area contributed by atoms with Gasteiger partial charge in [-0.15, -0.1) is 0 Å². The van der Waals surface area contributed by atoms with Gasteiger partial charge in [0.1, 0.15) is 5.69 Å². The molecule has 100 valence electrons. The maximum atomic E-state index is 12.0. The number of carbonyl (C=O) groups is 1. The third kappa shape index (κ3) is 3.35. The summed E-state index contributed by atoms with van der Waals surface area (Å²) in [5.74, 6) is 0.239. The Morgan fingerprint density at radius 2 is 2.11 bits per heavy atom. The molecule has 0 fully saturated rings. The average Bonchev–Trinajstić information content (AvgIpc) is 2.27. The minimum Gasteiger partial charge on any atom is -0.479 e. The van der Waals surface area contributed by atoms with Gasteiger partial charge in [0, 0.05) is 20.3 Å². The zero-order valence-corrected chi connectivity index (χ0v) is 12.8. The molecule has 1 N–H and O–H groups in total. The van der Waals surface area contributed by atoms with Crippen molar-refractivity contribution < 1.29 is 9.53 Å². The van der Waals surface area contributed by atoms with E-state index >= 15 is 0 Å². The van der Waals surface area contributed by atoms with Crippen molar-refractivity contribution in [3.05, 3.63) is 12.3 Å². The lowest BCUT2D eigenvalue weighted by Gasteiger charge is -2.22. The summed E-state index contributed by atoms with van der Waals surface area (Å²) in [4.78, 5) is 18.0. The molecule has 1 aromatic heterocycles. The van der Waals surface area contributed by atoms with Crippen molar-refractivity contribution in [2.45, 2.75) is 18.2 Å². The molecule has 0 unspecified atom stereocenters. The highest BCUT2D eigenvalue weighted by molar-refractivity contribution is 9.10. The normalized spacial score (nSPS) is 11.0. The molecule has 0 aromatic carbocycles. The van der Waals surface area contributed by atoms with Gasteiger partial charge in [0.2, 0.25) is 11.8 Å². The van der Waals surface area contributed by atoms with Crippen LogP contribution in [0.1, 0.15) is 13.8 Å². The number of pyridine rings is 1. The fourth-order valence-electron chi connectivity index (χ4n) is 1.34. The number of halogens is 1. The van der Waals surface area contributed by atoms with Gasteiger partial charge in [0.05, 0.1) is 17.1 Å². The van der Waals surface area contributed by atoms with Crippen LogP contribution in [0.3, 0.4) is 0 Å². The molecule has 0 aliphatic rings. The van der Waals surface area contributed by atoms with Gasteiger partial charge in [0.15, 0.2) is 0 Å². The van der Waals surface area contributed by atoms with Crippen LogP contribution in [0.15, 0.2) is 12.3 Å². The van der Waals surface area contributed by atoms with E-state index in [-0.39, 0.29) is 5.91 Å². The summed E-state index contributed by atoms with van der Waals surface area (Å²) in [5.41, 5.74) is 1.41. The Balaban J connectivity index is 3.17. The Morgan fingerprint density at radius 1 is 1.50 bits per heavy atom. The van der Waals surface area contributed by atoms with Crippen LogP contribution >= 0.6 is 15.9 Å². The molecule has 18 heavy (non-hydrogen) atoms. The first-order chi connectivity index (χ1) is 8.27. The largest absolute Gasteiger partial charge is 0.479 e. The zero-order valence-electron chi connectivity index (χ0n) is 11.2. The Labute approximate surface area is 116 Å². The molecule has 0 radical (unpaired) electrons. The fourth-order valence-corrected chi connectivity index (χ4v) is 1.44. The Hall–Kier alpha value is -1.30. The van der Waals surface area contributed by atoms with Gasteiger partial charge < -0.3 is 15.0 Å². The molecule has 1 rings (SSSR count). The average molecular weight is 316 g/mol. The molecule has 0 saturated heterocycles. The topological polar surface area (TPSA) is 54.5 Å². The zero-order chi connectivity index (χ0) is 13.9. The van der Waals surface area contributed by atoms with Crippen LogP contribution in [0.4, 0.5) is 11.4 Å². The highest BCUT2D eigenvalue weighted by atomic mass is 79.9. The summed E-state index contributed by atoms with van der Waals surface area (Å²) in [6.07, 6.45) is 1.64. The minimum absolute atomic E-state index is 0.156. The molecule has 5 nitrogen and oxygen atoms in total. The van der Waals surface area contributed by atoms with Gasteiger partial charge in [-0.25, -0.2) is 4.98 Å². The SMILES string of the molecule is COc1nccc(N(C)C)c1NC(=O)C(C)(C)Br. The number of ether oxygens (including phenoxy) is 1. The number of amides is 1. The summed E-state index contributed by atoms with van der Waals surface area (Å²) in [7, 11) is 5.31. The summed E-state index contributed by atoms with van der Waals surface area (Å²) in [6.45, 7) is 3.56. The van der Waals surface area contributed by atoms with Crippen molar-refractivity contribution in [2.24, 2.45) is 0 Å². The van der Waals surface area contributed by atoms with Crippen LogP contribution in [-0.2, 0) is 4.79 Å². The van der Waals surface area contributed by atoms with E-state index in [0.717, 1.165) is 5.69 Å². The molecule has 1 aromatic rings. The summed E-state index contributed by atoms with van der Waals surface area (Å²) >= 11 is 3.32. The van der Waals surface area contributed by atoms with Gasteiger partial charge in [-0.2, -0.15) is 0 Å². The van der Waals surface area contributed by atoms with Crippen LogP contribution in [0.5, 0.6) is 5.88 Å². The number of anilines is 2. The van der Waals surface area contributed by atoms with Crippen LogP contribution in [0.25, 0.3) is 0 Å². The van der Waals surface area contributed by atoms with Gasteiger partial charge in [0.25, 0.3) is 0 Å². The summed E-state index contributed by atoms with van der Waals surface area (Å²) in [6, 6.07) is 1.82. The molecular formula is C12H18BrN3O2. The molecule has 0 aliphatic heterocycles. The van der Waals surface area contributed by atoms with Gasteiger partial charge in [-0.05, 0) is 19.9 Å². The van der Waals surface area contributed by atoms with Gasteiger partial charge in [-0.3, -0.25) is 4.79 Å². The molecule has 0 saturated carbocycles. The van der Waals surface area contributed by atoms with Crippen molar-refractivity contribution >= 4 is 33.2 Å². The number of alkyl halides is 1. The smallest absolute Gasteiger partial charge is 0.240 e. The first kappa shape index (κ1) is 14.8. The highest BCUT2D eigenvalue weighted by Gasteiger charge is 2.26. The monoisotopic (exact) mass is 315 g/mol. The molecule has 1 heterocycles. The second-order valence-electron chi connectivity index (χ2n) is 4.54. The van der Waals surface area contributed by atoms with E-state index in [1.54, 1.807) is 20.0 Å². The number of nitrogens with zero attached hydrogens (tertiary/aromatic N) is 2. The number of rotatable bonds is 4. The van der Waals surface area contributed by atoms with Crippen molar-refractivity contribution in [3.63, 3.8) is 0 Å². The molecule has 0 atom stereocenters. The number of aromatic nitrogens is 1.